The van der Waals surface area contributed by atoms with E-state index < -0.39 is 0 Å². The molecule has 0 fully saturated rings. The van der Waals surface area contributed by atoms with Gasteiger partial charge in [0.15, 0.2) is 0 Å². The molecule has 0 unspecified atom stereocenters. The van der Waals surface area contributed by atoms with Crippen LogP contribution in [0.25, 0.3) is 0 Å². The van der Waals surface area contributed by atoms with Crippen molar-refractivity contribution in [3.8, 4) is 0 Å². The topological polar surface area (TPSA) is 55.4 Å². The van der Waals surface area contributed by atoms with E-state index in [0.717, 1.165) is 47.9 Å². The molecule has 2 aromatic rings. The minimum atomic E-state index is -0.354. The molecule has 27 heavy (non-hydrogen) atoms. The lowest BCUT2D eigenvalue weighted by Gasteiger charge is -2.12. The van der Waals surface area contributed by atoms with E-state index in [-0.39, 0.29) is 11.9 Å². The smallest absolute Gasteiger partial charge is 0.341 e. The summed E-state index contributed by atoms with van der Waals surface area (Å²) in [6.45, 7) is 6.14. The van der Waals surface area contributed by atoms with Gasteiger partial charge in [0.05, 0.1) is 19.1 Å². The van der Waals surface area contributed by atoms with E-state index in [4.69, 9.17) is 4.74 Å². The highest BCUT2D eigenvalue weighted by atomic mass is 32.1. The standard InChI is InChI=1S/C22H27NO3S/c1-13-10-14(2)17(15(3)11-13)12-19(24)23-21-20(22(25)26-4)16-8-6-5-7-9-18(16)27-21/h10-11H,5-9,12H2,1-4H3,(H,23,24). The number of carbonyl (C=O) groups is 2. The van der Waals surface area contributed by atoms with E-state index in [0.29, 0.717) is 17.0 Å². The summed E-state index contributed by atoms with van der Waals surface area (Å²) in [5, 5.41) is 3.64. The number of thiophene rings is 1. The fourth-order valence-electron chi connectivity index (χ4n) is 3.97. The molecule has 0 saturated carbocycles. The number of hydrogen-bond acceptors (Lipinski definition) is 4. The maximum atomic E-state index is 12.8. The number of fused-ring (bicyclic) bond motifs is 1. The summed E-state index contributed by atoms with van der Waals surface area (Å²) in [7, 11) is 1.40. The maximum Gasteiger partial charge on any atom is 0.341 e. The Morgan fingerprint density at radius 3 is 2.41 bits per heavy atom. The zero-order valence-electron chi connectivity index (χ0n) is 16.5. The van der Waals surface area contributed by atoms with Crippen molar-refractivity contribution >= 4 is 28.2 Å². The molecule has 5 heteroatoms. The number of esters is 1. The number of hydrogen-bond donors (Lipinski definition) is 1. The Kier molecular flexibility index (Phi) is 6.00. The van der Waals surface area contributed by atoms with Gasteiger partial charge < -0.3 is 10.1 Å². The molecular weight excluding hydrogens is 358 g/mol. The van der Waals surface area contributed by atoms with Crippen LogP contribution in [0, 0.1) is 20.8 Å². The molecule has 1 N–H and O–H groups in total. The molecule has 0 bridgehead atoms. The fraction of sp³-hybridized carbons (Fsp3) is 0.455. The van der Waals surface area contributed by atoms with Gasteiger partial charge in [-0.15, -0.1) is 11.3 Å². The van der Waals surface area contributed by atoms with Crippen LogP contribution in [0.4, 0.5) is 5.00 Å². The number of methoxy groups -OCH3 is 1. The van der Waals surface area contributed by atoms with Crippen LogP contribution < -0.4 is 5.32 Å². The molecule has 1 aromatic heterocycles. The van der Waals surface area contributed by atoms with Crippen molar-refractivity contribution in [2.24, 2.45) is 0 Å². The van der Waals surface area contributed by atoms with Gasteiger partial charge in [0.1, 0.15) is 5.00 Å². The Bertz CT molecular complexity index is 859. The van der Waals surface area contributed by atoms with Crippen LogP contribution in [0.15, 0.2) is 12.1 Å². The van der Waals surface area contributed by atoms with Crippen molar-refractivity contribution in [2.45, 2.75) is 59.3 Å². The second-order valence-electron chi connectivity index (χ2n) is 7.36. The summed E-state index contributed by atoms with van der Waals surface area (Å²) in [6.07, 6.45) is 5.53. The van der Waals surface area contributed by atoms with Gasteiger partial charge in [0.2, 0.25) is 5.91 Å². The van der Waals surface area contributed by atoms with Gasteiger partial charge in [-0.2, -0.15) is 0 Å². The number of aryl methyl sites for hydroxylation is 4. The summed E-state index contributed by atoms with van der Waals surface area (Å²) < 4.78 is 5.01. The Balaban J connectivity index is 1.87. The van der Waals surface area contributed by atoms with Gasteiger partial charge in [-0.3, -0.25) is 4.79 Å². The lowest BCUT2D eigenvalue weighted by atomic mass is 9.97. The van der Waals surface area contributed by atoms with Crippen molar-refractivity contribution in [3.05, 3.63) is 50.4 Å². The minimum Gasteiger partial charge on any atom is -0.465 e. The SMILES string of the molecule is COC(=O)c1c(NC(=O)Cc2c(C)cc(C)cc2C)sc2c1CCCCC2. The number of carbonyl (C=O) groups excluding carboxylic acids is 2. The zero-order valence-corrected chi connectivity index (χ0v) is 17.3. The highest BCUT2D eigenvalue weighted by molar-refractivity contribution is 7.17. The molecule has 0 spiro atoms. The van der Waals surface area contributed by atoms with Gasteiger partial charge in [-0.05, 0) is 68.7 Å². The Morgan fingerprint density at radius 2 is 1.74 bits per heavy atom. The average Bonchev–Trinajstić information content (AvgIpc) is 2.78. The Labute approximate surface area is 164 Å². The molecule has 0 atom stereocenters. The summed E-state index contributed by atoms with van der Waals surface area (Å²) in [5.74, 6) is -0.445. The molecule has 0 radical (unpaired) electrons. The molecule has 1 aromatic carbocycles. The van der Waals surface area contributed by atoms with Crippen LogP contribution in [0.2, 0.25) is 0 Å². The summed E-state index contributed by atoms with van der Waals surface area (Å²) >= 11 is 1.54. The largest absolute Gasteiger partial charge is 0.465 e. The highest BCUT2D eigenvalue weighted by Gasteiger charge is 2.26. The summed E-state index contributed by atoms with van der Waals surface area (Å²) in [5.41, 5.74) is 6.13. The quantitative estimate of drug-likeness (QED) is 0.601. The first-order valence-corrected chi connectivity index (χ1v) is 10.3. The fourth-order valence-corrected chi connectivity index (χ4v) is 5.26. The average molecular weight is 386 g/mol. The third kappa shape index (κ3) is 4.24. The molecule has 4 nitrogen and oxygen atoms in total. The van der Waals surface area contributed by atoms with Crippen LogP contribution in [-0.2, 0) is 28.8 Å². The number of anilines is 1. The second kappa shape index (κ2) is 8.26. The van der Waals surface area contributed by atoms with Gasteiger partial charge in [0, 0.05) is 4.88 Å². The Morgan fingerprint density at radius 1 is 1.07 bits per heavy atom. The number of amides is 1. The van der Waals surface area contributed by atoms with Gasteiger partial charge >= 0.3 is 5.97 Å². The van der Waals surface area contributed by atoms with Gasteiger partial charge in [-0.1, -0.05) is 24.1 Å². The molecule has 0 aliphatic heterocycles. The summed E-state index contributed by atoms with van der Waals surface area (Å²) in [6, 6.07) is 4.20. The first kappa shape index (κ1) is 19.6. The monoisotopic (exact) mass is 385 g/mol. The molecule has 1 amide bonds. The van der Waals surface area contributed by atoms with Crippen LogP contribution in [-0.4, -0.2) is 19.0 Å². The van der Waals surface area contributed by atoms with E-state index in [1.54, 1.807) is 0 Å². The second-order valence-corrected chi connectivity index (χ2v) is 8.47. The van der Waals surface area contributed by atoms with Crippen molar-refractivity contribution in [1.29, 1.82) is 0 Å². The third-order valence-corrected chi connectivity index (χ3v) is 6.45. The molecule has 144 valence electrons. The van der Waals surface area contributed by atoms with Crippen molar-refractivity contribution < 1.29 is 14.3 Å². The Hall–Kier alpha value is -2.14. The zero-order chi connectivity index (χ0) is 19.6. The van der Waals surface area contributed by atoms with Crippen LogP contribution in [0.3, 0.4) is 0 Å². The van der Waals surface area contributed by atoms with E-state index >= 15 is 0 Å². The maximum absolute atomic E-state index is 12.8. The third-order valence-electron chi connectivity index (χ3n) is 5.24. The first-order chi connectivity index (χ1) is 12.9. The highest BCUT2D eigenvalue weighted by Crippen LogP contribution is 2.38. The van der Waals surface area contributed by atoms with Crippen molar-refractivity contribution in [3.63, 3.8) is 0 Å². The van der Waals surface area contributed by atoms with Crippen LogP contribution >= 0.6 is 11.3 Å². The number of nitrogens with one attached hydrogen (secondary N) is 1. The van der Waals surface area contributed by atoms with Gasteiger partial charge in [-0.25, -0.2) is 4.79 Å². The molecule has 1 aliphatic rings. The molecular formula is C22H27NO3S. The van der Waals surface area contributed by atoms with Crippen molar-refractivity contribution in [2.75, 3.05) is 12.4 Å². The number of ether oxygens (including phenoxy) is 1. The van der Waals surface area contributed by atoms with E-state index in [9.17, 15) is 9.59 Å². The van der Waals surface area contributed by atoms with E-state index in [2.05, 4.69) is 24.4 Å². The molecule has 1 heterocycles. The predicted molar refractivity (Wildman–Crippen MR) is 110 cm³/mol. The first-order valence-electron chi connectivity index (χ1n) is 9.50. The normalized spacial score (nSPS) is 13.6. The van der Waals surface area contributed by atoms with Crippen molar-refractivity contribution in [1.82, 2.24) is 0 Å². The van der Waals surface area contributed by atoms with Crippen LogP contribution in [0.1, 0.15) is 62.3 Å². The van der Waals surface area contributed by atoms with E-state index in [1.807, 2.05) is 13.8 Å². The minimum absolute atomic E-state index is 0.0911. The van der Waals surface area contributed by atoms with E-state index in [1.165, 1.54) is 35.3 Å². The molecule has 3 rings (SSSR count). The summed E-state index contributed by atoms with van der Waals surface area (Å²) in [4.78, 5) is 26.4. The van der Waals surface area contributed by atoms with Crippen LogP contribution in [0.5, 0.6) is 0 Å². The van der Waals surface area contributed by atoms with Gasteiger partial charge in [0.25, 0.3) is 0 Å². The number of rotatable bonds is 4. The lowest BCUT2D eigenvalue weighted by Crippen LogP contribution is -2.17. The lowest BCUT2D eigenvalue weighted by molar-refractivity contribution is -0.115. The number of benzene rings is 1. The molecule has 1 aliphatic carbocycles. The predicted octanol–water partition coefficient (Wildman–Crippen LogP) is 4.91. The molecule has 0 saturated heterocycles.